The summed E-state index contributed by atoms with van der Waals surface area (Å²) in [5.41, 5.74) is 4.24. The molecular weight excluding hydrogens is 534 g/mol. The zero-order valence-corrected chi connectivity index (χ0v) is 19.5. The van der Waals surface area contributed by atoms with Crippen molar-refractivity contribution >= 4 is 59.7 Å². The van der Waals surface area contributed by atoms with Gasteiger partial charge in [-0.2, -0.15) is 0 Å². The molecule has 0 saturated heterocycles. The van der Waals surface area contributed by atoms with Crippen LogP contribution in [0.3, 0.4) is 0 Å². The van der Waals surface area contributed by atoms with Crippen LogP contribution < -0.4 is 4.74 Å². The number of hydrogen-bond donors (Lipinski definition) is 0. The molecule has 3 aromatic carbocycles. The maximum atomic E-state index is 6.10. The highest BCUT2D eigenvalue weighted by atomic mass is 79.9. The lowest BCUT2D eigenvalue weighted by Gasteiger charge is -2.12. The summed E-state index contributed by atoms with van der Waals surface area (Å²) in [7, 11) is 0. The molecule has 0 aromatic heterocycles. The van der Waals surface area contributed by atoms with E-state index in [9.17, 15) is 0 Å². The van der Waals surface area contributed by atoms with Gasteiger partial charge in [0.15, 0.2) is 0 Å². The van der Waals surface area contributed by atoms with Gasteiger partial charge in [0.1, 0.15) is 12.4 Å². The first-order valence-corrected chi connectivity index (χ1v) is 10.9. The van der Waals surface area contributed by atoms with Crippen molar-refractivity contribution in [2.75, 3.05) is 0 Å². The van der Waals surface area contributed by atoms with Gasteiger partial charge in [0.2, 0.25) is 0 Å². The van der Waals surface area contributed by atoms with Gasteiger partial charge < -0.3 is 4.74 Å². The molecule has 0 saturated carbocycles. The smallest absolute Gasteiger partial charge is 0.142 e. The predicted molar refractivity (Wildman–Crippen MR) is 123 cm³/mol. The zero-order chi connectivity index (χ0) is 19.2. The van der Waals surface area contributed by atoms with Crippen LogP contribution in [-0.2, 0) is 13.0 Å². The zero-order valence-electron chi connectivity index (χ0n) is 14.8. The number of hydrogen-bond acceptors (Lipinski definition) is 2. The van der Waals surface area contributed by atoms with Gasteiger partial charge in [0, 0.05) is 20.7 Å². The molecule has 27 heavy (non-hydrogen) atoms. The van der Waals surface area contributed by atoms with Crippen molar-refractivity contribution in [1.82, 2.24) is 0 Å². The highest BCUT2D eigenvalue weighted by Crippen LogP contribution is 2.33. The third kappa shape index (κ3) is 5.77. The maximum absolute atomic E-state index is 6.10. The SMILES string of the molecule is CCc1ccc(N=Cc2cc(Br)cc(Br)c2OCc2ccc(Br)cc2)cc1. The number of aliphatic imine (C=N–C) groups is 1. The highest BCUT2D eigenvalue weighted by Gasteiger charge is 2.09. The molecule has 3 aromatic rings. The Labute approximate surface area is 185 Å². The lowest BCUT2D eigenvalue weighted by Crippen LogP contribution is -1.99. The summed E-state index contributed by atoms with van der Waals surface area (Å²) in [5, 5.41) is 0. The fraction of sp³-hybridized carbons (Fsp3) is 0.136. The van der Waals surface area contributed by atoms with Crippen LogP contribution in [0.4, 0.5) is 5.69 Å². The highest BCUT2D eigenvalue weighted by molar-refractivity contribution is 9.11. The third-order valence-corrected chi connectivity index (χ3v) is 5.61. The summed E-state index contributed by atoms with van der Waals surface area (Å²) < 4.78 is 9.00. The first-order chi connectivity index (χ1) is 13.0. The van der Waals surface area contributed by atoms with E-state index in [1.807, 2.05) is 54.7 Å². The van der Waals surface area contributed by atoms with Crippen molar-refractivity contribution in [2.24, 2.45) is 4.99 Å². The lowest BCUT2D eigenvalue weighted by atomic mass is 10.1. The van der Waals surface area contributed by atoms with Gasteiger partial charge >= 0.3 is 0 Å². The average molecular weight is 552 g/mol. The van der Waals surface area contributed by atoms with Gasteiger partial charge in [0.25, 0.3) is 0 Å². The van der Waals surface area contributed by atoms with Crippen LogP contribution in [0, 0.1) is 0 Å². The lowest BCUT2D eigenvalue weighted by molar-refractivity contribution is 0.304. The first kappa shape index (κ1) is 20.3. The Kier molecular flexibility index (Phi) is 7.27. The standard InChI is InChI=1S/C22H18Br3NO/c1-2-15-5-9-20(10-6-15)26-13-17-11-19(24)12-21(25)22(17)27-14-16-3-7-18(23)8-4-16/h3-13H,2,14H2,1H3. The van der Waals surface area contributed by atoms with Crippen molar-refractivity contribution in [3.05, 3.63) is 90.8 Å². The molecule has 3 rings (SSSR count). The third-order valence-electron chi connectivity index (χ3n) is 4.03. The predicted octanol–water partition coefficient (Wildman–Crippen LogP) is 7.87. The Balaban J connectivity index is 1.82. The Morgan fingerprint density at radius 1 is 0.852 bits per heavy atom. The van der Waals surface area contributed by atoms with Crippen LogP contribution in [0.5, 0.6) is 5.75 Å². The molecule has 5 heteroatoms. The van der Waals surface area contributed by atoms with Crippen molar-refractivity contribution in [3.8, 4) is 5.75 Å². The number of nitrogens with zero attached hydrogens (tertiary/aromatic N) is 1. The van der Waals surface area contributed by atoms with Crippen molar-refractivity contribution in [1.29, 1.82) is 0 Å². The Morgan fingerprint density at radius 3 is 2.19 bits per heavy atom. The molecule has 0 unspecified atom stereocenters. The topological polar surface area (TPSA) is 21.6 Å². The first-order valence-electron chi connectivity index (χ1n) is 8.54. The van der Waals surface area contributed by atoms with Crippen LogP contribution in [0.25, 0.3) is 0 Å². The number of rotatable bonds is 6. The van der Waals surface area contributed by atoms with Gasteiger partial charge in [0.05, 0.1) is 10.2 Å². The van der Waals surface area contributed by atoms with Crippen LogP contribution in [-0.4, -0.2) is 6.21 Å². The molecule has 0 atom stereocenters. The molecule has 0 spiro atoms. The van der Waals surface area contributed by atoms with E-state index in [4.69, 9.17) is 4.74 Å². The minimum Gasteiger partial charge on any atom is -0.487 e. The van der Waals surface area contributed by atoms with E-state index in [1.54, 1.807) is 0 Å². The number of ether oxygens (including phenoxy) is 1. The second kappa shape index (κ2) is 9.67. The number of halogens is 3. The van der Waals surface area contributed by atoms with Gasteiger partial charge in [-0.1, -0.05) is 63.0 Å². The van der Waals surface area contributed by atoms with Crippen molar-refractivity contribution in [2.45, 2.75) is 20.0 Å². The van der Waals surface area contributed by atoms with E-state index in [-0.39, 0.29) is 0 Å². The summed E-state index contributed by atoms with van der Waals surface area (Å²) in [5.74, 6) is 0.773. The van der Waals surface area contributed by atoms with Crippen LogP contribution in [0.2, 0.25) is 0 Å². The fourth-order valence-corrected chi connectivity index (χ4v) is 4.16. The molecule has 0 amide bonds. The van der Waals surface area contributed by atoms with Crippen molar-refractivity contribution < 1.29 is 4.74 Å². The summed E-state index contributed by atoms with van der Waals surface area (Å²) >= 11 is 10.6. The van der Waals surface area contributed by atoms with Crippen molar-refractivity contribution in [3.63, 3.8) is 0 Å². The second-order valence-corrected chi connectivity index (χ2v) is 8.68. The Morgan fingerprint density at radius 2 is 1.52 bits per heavy atom. The van der Waals surface area contributed by atoms with Gasteiger partial charge in [-0.25, -0.2) is 0 Å². The van der Waals surface area contributed by atoms with E-state index in [2.05, 4.69) is 71.8 Å². The molecule has 0 aliphatic heterocycles. The van der Waals surface area contributed by atoms with Gasteiger partial charge in [-0.15, -0.1) is 0 Å². The van der Waals surface area contributed by atoms with Gasteiger partial charge in [-0.3, -0.25) is 4.99 Å². The molecule has 0 radical (unpaired) electrons. The molecule has 0 heterocycles. The van der Waals surface area contributed by atoms with Crippen LogP contribution in [0.15, 0.2) is 79.1 Å². The second-order valence-electron chi connectivity index (χ2n) is 6.00. The largest absolute Gasteiger partial charge is 0.487 e. The molecule has 0 N–H and O–H groups in total. The Hall–Kier alpha value is -1.43. The summed E-state index contributed by atoms with van der Waals surface area (Å²) in [4.78, 5) is 4.61. The van der Waals surface area contributed by atoms with E-state index >= 15 is 0 Å². The van der Waals surface area contributed by atoms with E-state index < -0.39 is 0 Å². The maximum Gasteiger partial charge on any atom is 0.142 e. The average Bonchev–Trinajstić information content (AvgIpc) is 2.67. The molecular formula is C22H18Br3NO. The summed E-state index contributed by atoms with van der Waals surface area (Å²) in [6.07, 6.45) is 2.87. The number of benzene rings is 3. The van der Waals surface area contributed by atoms with E-state index in [0.29, 0.717) is 6.61 Å². The summed E-state index contributed by atoms with van der Waals surface area (Å²) in [6, 6.07) is 20.4. The molecule has 138 valence electrons. The van der Waals surface area contributed by atoms with Gasteiger partial charge in [-0.05, 0) is 69.9 Å². The van der Waals surface area contributed by atoms with Crippen LogP contribution >= 0.6 is 47.8 Å². The Bertz CT molecular complexity index is 935. The molecule has 0 aliphatic rings. The molecule has 0 bridgehead atoms. The fourth-order valence-electron chi connectivity index (χ4n) is 2.53. The molecule has 2 nitrogen and oxygen atoms in total. The number of aryl methyl sites for hydroxylation is 1. The molecule has 0 aliphatic carbocycles. The minimum atomic E-state index is 0.486. The quantitative estimate of drug-likeness (QED) is 0.286. The molecule has 0 fully saturated rings. The summed E-state index contributed by atoms with van der Waals surface area (Å²) in [6.45, 7) is 2.63. The minimum absolute atomic E-state index is 0.486. The monoisotopic (exact) mass is 549 g/mol. The van der Waals surface area contributed by atoms with Crippen LogP contribution in [0.1, 0.15) is 23.6 Å². The van der Waals surface area contributed by atoms with E-state index in [0.717, 1.165) is 42.4 Å². The van der Waals surface area contributed by atoms with E-state index in [1.165, 1.54) is 5.56 Å². The normalized spacial score (nSPS) is 11.1.